The van der Waals surface area contributed by atoms with E-state index in [0.29, 0.717) is 11.5 Å². The molecule has 0 radical (unpaired) electrons. The summed E-state index contributed by atoms with van der Waals surface area (Å²) in [5.41, 5.74) is 4.37. The van der Waals surface area contributed by atoms with Gasteiger partial charge in [-0.3, -0.25) is 4.79 Å². The molecule has 0 saturated heterocycles. The molecular formula is C18H21NO. The van der Waals surface area contributed by atoms with Crippen LogP contribution in [-0.4, -0.2) is 13.0 Å². The Morgan fingerprint density at radius 3 is 1.95 bits per heavy atom. The van der Waals surface area contributed by atoms with Crippen molar-refractivity contribution >= 4 is 5.91 Å². The maximum atomic E-state index is 11.5. The van der Waals surface area contributed by atoms with Crippen LogP contribution in [0.15, 0.2) is 48.5 Å². The highest BCUT2D eigenvalue weighted by molar-refractivity contribution is 5.94. The molecule has 0 bridgehead atoms. The summed E-state index contributed by atoms with van der Waals surface area (Å²) in [5.74, 6) is 0.545. The van der Waals surface area contributed by atoms with Crippen LogP contribution < -0.4 is 5.32 Å². The van der Waals surface area contributed by atoms with Crippen molar-refractivity contribution < 1.29 is 4.79 Å². The first kappa shape index (κ1) is 14.3. The Bertz CT molecular complexity index is 569. The number of rotatable bonds is 4. The third-order valence-corrected chi connectivity index (χ3v) is 3.80. The van der Waals surface area contributed by atoms with Crippen LogP contribution in [0.1, 0.15) is 42.1 Å². The minimum absolute atomic E-state index is 0.0522. The molecule has 1 unspecified atom stereocenters. The summed E-state index contributed by atoms with van der Waals surface area (Å²) in [6, 6.07) is 16.4. The summed E-state index contributed by atoms with van der Waals surface area (Å²) in [5, 5.41) is 2.63. The summed E-state index contributed by atoms with van der Waals surface area (Å²) in [6.07, 6.45) is 1.15. The monoisotopic (exact) mass is 267 g/mol. The van der Waals surface area contributed by atoms with E-state index < -0.39 is 0 Å². The molecule has 2 aromatic carbocycles. The lowest BCUT2D eigenvalue weighted by molar-refractivity contribution is 0.0963. The van der Waals surface area contributed by atoms with E-state index in [1.807, 2.05) is 24.3 Å². The average Bonchev–Trinajstić information content (AvgIpc) is 2.53. The standard InChI is InChI=1S/C18H21NO/c1-4-13(2)14-5-7-15(8-6-14)16-9-11-17(12-10-16)18(20)19-3/h5-13H,4H2,1-3H3,(H,19,20). The fraction of sp³-hybridized carbons (Fsp3) is 0.278. The summed E-state index contributed by atoms with van der Waals surface area (Å²) in [7, 11) is 1.64. The topological polar surface area (TPSA) is 29.1 Å². The van der Waals surface area contributed by atoms with Crippen molar-refractivity contribution in [1.82, 2.24) is 5.32 Å². The Hall–Kier alpha value is -2.09. The van der Waals surface area contributed by atoms with Gasteiger partial charge in [-0.05, 0) is 41.2 Å². The molecule has 1 atom stereocenters. The second-order valence-electron chi connectivity index (χ2n) is 5.09. The SMILES string of the molecule is CCC(C)c1ccc(-c2ccc(C(=O)NC)cc2)cc1. The first-order chi connectivity index (χ1) is 9.65. The Morgan fingerprint density at radius 1 is 1.00 bits per heavy atom. The van der Waals surface area contributed by atoms with Crippen molar-refractivity contribution in [2.75, 3.05) is 7.05 Å². The maximum absolute atomic E-state index is 11.5. The van der Waals surface area contributed by atoms with Crippen molar-refractivity contribution in [3.8, 4) is 11.1 Å². The highest BCUT2D eigenvalue weighted by Crippen LogP contribution is 2.24. The summed E-state index contributed by atoms with van der Waals surface area (Å²) >= 11 is 0. The molecule has 1 N–H and O–H groups in total. The molecule has 1 amide bonds. The fourth-order valence-electron chi connectivity index (χ4n) is 2.20. The molecule has 2 aromatic rings. The number of nitrogens with one attached hydrogen (secondary N) is 1. The maximum Gasteiger partial charge on any atom is 0.251 e. The van der Waals surface area contributed by atoms with Gasteiger partial charge in [-0.25, -0.2) is 0 Å². The molecule has 0 aromatic heterocycles. The van der Waals surface area contributed by atoms with Crippen LogP contribution in [0.5, 0.6) is 0 Å². The predicted octanol–water partition coefficient (Wildman–Crippen LogP) is 4.23. The lowest BCUT2D eigenvalue weighted by atomic mass is 9.95. The summed E-state index contributed by atoms with van der Waals surface area (Å²) in [6.45, 7) is 4.45. The van der Waals surface area contributed by atoms with Crippen LogP contribution >= 0.6 is 0 Å². The van der Waals surface area contributed by atoms with Gasteiger partial charge >= 0.3 is 0 Å². The molecule has 0 aliphatic heterocycles. The smallest absolute Gasteiger partial charge is 0.251 e. The number of carbonyl (C=O) groups excluding carboxylic acids is 1. The fourth-order valence-corrected chi connectivity index (χ4v) is 2.20. The van der Waals surface area contributed by atoms with Gasteiger partial charge in [0.2, 0.25) is 0 Å². The Labute approximate surface area is 120 Å². The van der Waals surface area contributed by atoms with Gasteiger partial charge in [0.25, 0.3) is 5.91 Å². The second-order valence-corrected chi connectivity index (χ2v) is 5.09. The van der Waals surface area contributed by atoms with Crippen LogP contribution in [-0.2, 0) is 0 Å². The quantitative estimate of drug-likeness (QED) is 0.882. The molecule has 104 valence electrons. The molecule has 0 aliphatic carbocycles. The van der Waals surface area contributed by atoms with E-state index in [9.17, 15) is 4.79 Å². The molecule has 20 heavy (non-hydrogen) atoms. The highest BCUT2D eigenvalue weighted by Gasteiger charge is 2.05. The molecule has 2 rings (SSSR count). The normalized spacial score (nSPS) is 11.9. The Balaban J connectivity index is 2.21. The van der Waals surface area contributed by atoms with Crippen LogP contribution in [0.4, 0.5) is 0 Å². The van der Waals surface area contributed by atoms with Gasteiger partial charge in [0.1, 0.15) is 0 Å². The van der Waals surface area contributed by atoms with Gasteiger partial charge < -0.3 is 5.32 Å². The van der Waals surface area contributed by atoms with Crippen LogP contribution in [0.25, 0.3) is 11.1 Å². The van der Waals surface area contributed by atoms with Crippen molar-refractivity contribution in [2.24, 2.45) is 0 Å². The third-order valence-electron chi connectivity index (χ3n) is 3.80. The molecule has 0 heterocycles. The molecule has 0 spiro atoms. The minimum Gasteiger partial charge on any atom is -0.355 e. The molecule has 2 nitrogen and oxygen atoms in total. The molecular weight excluding hydrogens is 246 g/mol. The zero-order chi connectivity index (χ0) is 14.5. The van der Waals surface area contributed by atoms with Crippen molar-refractivity contribution in [3.05, 3.63) is 59.7 Å². The number of hydrogen-bond donors (Lipinski definition) is 1. The lowest BCUT2D eigenvalue weighted by Gasteiger charge is -2.10. The second kappa shape index (κ2) is 6.38. The number of amides is 1. The number of hydrogen-bond acceptors (Lipinski definition) is 1. The first-order valence-electron chi connectivity index (χ1n) is 7.08. The van der Waals surface area contributed by atoms with Crippen molar-refractivity contribution in [1.29, 1.82) is 0 Å². The predicted molar refractivity (Wildman–Crippen MR) is 84.0 cm³/mol. The summed E-state index contributed by atoms with van der Waals surface area (Å²) < 4.78 is 0. The Kier molecular flexibility index (Phi) is 4.57. The van der Waals surface area contributed by atoms with Crippen molar-refractivity contribution in [3.63, 3.8) is 0 Å². The summed E-state index contributed by atoms with van der Waals surface area (Å²) in [4.78, 5) is 11.5. The van der Waals surface area contributed by atoms with E-state index in [-0.39, 0.29) is 5.91 Å². The van der Waals surface area contributed by atoms with Crippen LogP contribution in [0, 0.1) is 0 Å². The molecule has 2 heteroatoms. The lowest BCUT2D eigenvalue weighted by Crippen LogP contribution is -2.17. The zero-order valence-electron chi connectivity index (χ0n) is 12.3. The van der Waals surface area contributed by atoms with Crippen LogP contribution in [0.2, 0.25) is 0 Å². The van der Waals surface area contributed by atoms with Gasteiger partial charge in [-0.15, -0.1) is 0 Å². The molecule has 0 aliphatic rings. The van der Waals surface area contributed by atoms with Gasteiger partial charge in [-0.2, -0.15) is 0 Å². The largest absolute Gasteiger partial charge is 0.355 e. The first-order valence-corrected chi connectivity index (χ1v) is 7.08. The van der Waals surface area contributed by atoms with E-state index in [1.54, 1.807) is 7.05 Å². The van der Waals surface area contributed by atoms with E-state index in [1.165, 1.54) is 11.1 Å². The van der Waals surface area contributed by atoms with E-state index in [0.717, 1.165) is 12.0 Å². The van der Waals surface area contributed by atoms with E-state index in [2.05, 4.69) is 43.4 Å². The molecule has 0 saturated carbocycles. The number of benzene rings is 2. The van der Waals surface area contributed by atoms with E-state index in [4.69, 9.17) is 0 Å². The van der Waals surface area contributed by atoms with Gasteiger partial charge in [0.15, 0.2) is 0 Å². The van der Waals surface area contributed by atoms with Crippen molar-refractivity contribution in [2.45, 2.75) is 26.2 Å². The van der Waals surface area contributed by atoms with Gasteiger partial charge in [0.05, 0.1) is 0 Å². The minimum atomic E-state index is -0.0522. The van der Waals surface area contributed by atoms with Gasteiger partial charge in [-0.1, -0.05) is 50.2 Å². The average molecular weight is 267 g/mol. The molecule has 0 fully saturated rings. The third kappa shape index (κ3) is 3.08. The number of carbonyl (C=O) groups is 1. The van der Waals surface area contributed by atoms with Crippen LogP contribution in [0.3, 0.4) is 0 Å². The highest BCUT2D eigenvalue weighted by atomic mass is 16.1. The van der Waals surface area contributed by atoms with E-state index >= 15 is 0 Å². The van der Waals surface area contributed by atoms with Gasteiger partial charge in [0, 0.05) is 12.6 Å². The zero-order valence-corrected chi connectivity index (χ0v) is 12.3. The Morgan fingerprint density at radius 2 is 1.50 bits per heavy atom.